The van der Waals surface area contributed by atoms with Crippen LogP contribution in [0.3, 0.4) is 0 Å². The van der Waals surface area contributed by atoms with Crippen LogP contribution < -0.4 is 5.32 Å². The summed E-state index contributed by atoms with van der Waals surface area (Å²) in [5, 5.41) is 12.0. The first-order chi connectivity index (χ1) is 8.59. The number of anilines is 1. The fourth-order valence-electron chi connectivity index (χ4n) is 2.01. The van der Waals surface area contributed by atoms with Crippen molar-refractivity contribution in [1.82, 2.24) is 4.31 Å². The van der Waals surface area contributed by atoms with Crippen LogP contribution in [0.5, 0.6) is 0 Å². The smallest absolute Gasteiger partial charge is 0.245 e. The van der Waals surface area contributed by atoms with Gasteiger partial charge >= 0.3 is 0 Å². The van der Waals surface area contributed by atoms with Crippen LogP contribution in [0, 0.1) is 11.3 Å². The average molecular weight is 265 g/mol. The van der Waals surface area contributed by atoms with Gasteiger partial charge < -0.3 is 5.32 Å². The van der Waals surface area contributed by atoms with E-state index in [9.17, 15) is 8.42 Å². The molecule has 1 N–H and O–H groups in total. The summed E-state index contributed by atoms with van der Waals surface area (Å²) in [6, 6.07) is 6.68. The monoisotopic (exact) mass is 265 g/mol. The summed E-state index contributed by atoms with van der Waals surface area (Å²) < 4.78 is 26.4. The third-order valence-corrected chi connectivity index (χ3v) is 4.82. The van der Waals surface area contributed by atoms with Gasteiger partial charge in [-0.2, -0.15) is 9.57 Å². The van der Waals surface area contributed by atoms with Gasteiger partial charge in [-0.25, -0.2) is 8.42 Å². The first kappa shape index (κ1) is 12.9. The minimum atomic E-state index is -3.49. The van der Waals surface area contributed by atoms with Crippen molar-refractivity contribution in [3.63, 3.8) is 0 Å². The second-order valence-corrected chi connectivity index (χ2v) is 6.06. The number of hydrogen-bond acceptors (Lipinski definition) is 4. The standard InChI is InChI=1S/C12H15N3O2S/c1-2-6-15-7-5-14-11-4-3-10(9-13)8-12(11)18(15,16)17/h3-4,8,14H,2,5-7H2,1H3. The zero-order chi connectivity index (χ0) is 13.2. The van der Waals surface area contributed by atoms with E-state index in [1.807, 2.05) is 13.0 Å². The number of nitrogens with one attached hydrogen (secondary N) is 1. The van der Waals surface area contributed by atoms with Crippen LogP contribution in [0.1, 0.15) is 18.9 Å². The molecule has 0 aliphatic carbocycles. The van der Waals surface area contributed by atoms with Crippen molar-refractivity contribution in [2.75, 3.05) is 25.0 Å². The fraction of sp³-hybridized carbons (Fsp3) is 0.417. The average Bonchev–Trinajstić information content (AvgIpc) is 2.48. The van der Waals surface area contributed by atoms with E-state index in [1.165, 1.54) is 10.4 Å². The number of rotatable bonds is 2. The maximum atomic E-state index is 12.5. The Hall–Kier alpha value is -1.58. The molecule has 0 atom stereocenters. The molecule has 0 fully saturated rings. The summed E-state index contributed by atoms with van der Waals surface area (Å²) in [5.74, 6) is 0. The Kier molecular flexibility index (Phi) is 3.55. The van der Waals surface area contributed by atoms with Crippen molar-refractivity contribution in [2.45, 2.75) is 18.2 Å². The lowest BCUT2D eigenvalue weighted by molar-refractivity contribution is 0.425. The Morgan fingerprint density at radius 1 is 1.50 bits per heavy atom. The molecule has 96 valence electrons. The SMILES string of the molecule is CCCN1CCNc2ccc(C#N)cc2S1(=O)=O. The molecule has 1 aliphatic heterocycles. The lowest BCUT2D eigenvalue weighted by Crippen LogP contribution is -2.33. The zero-order valence-electron chi connectivity index (χ0n) is 10.2. The van der Waals surface area contributed by atoms with Gasteiger partial charge in [-0.05, 0) is 24.6 Å². The molecular weight excluding hydrogens is 250 g/mol. The lowest BCUT2D eigenvalue weighted by atomic mass is 10.2. The van der Waals surface area contributed by atoms with Crippen LogP contribution in [0.2, 0.25) is 0 Å². The third-order valence-electron chi connectivity index (χ3n) is 2.88. The molecule has 0 amide bonds. The number of benzene rings is 1. The molecule has 5 nitrogen and oxygen atoms in total. The molecule has 0 saturated carbocycles. The molecule has 0 aromatic heterocycles. The largest absolute Gasteiger partial charge is 0.383 e. The summed E-state index contributed by atoms with van der Waals surface area (Å²) in [6.07, 6.45) is 0.770. The Bertz CT molecular complexity index is 590. The lowest BCUT2D eigenvalue weighted by Gasteiger charge is -2.18. The van der Waals surface area contributed by atoms with Crippen molar-refractivity contribution >= 4 is 15.7 Å². The number of hydrogen-bond donors (Lipinski definition) is 1. The Balaban J connectivity index is 2.55. The van der Waals surface area contributed by atoms with Crippen LogP contribution >= 0.6 is 0 Å². The Labute approximate surface area is 107 Å². The first-order valence-corrected chi connectivity index (χ1v) is 7.31. The molecule has 6 heteroatoms. The Morgan fingerprint density at radius 2 is 2.28 bits per heavy atom. The zero-order valence-corrected chi connectivity index (χ0v) is 11.0. The van der Waals surface area contributed by atoms with Crippen LogP contribution in [0.15, 0.2) is 23.1 Å². The topological polar surface area (TPSA) is 73.2 Å². The van der Waals surface area contributed by atoms with Crippen LogP contribution in [-0.2, 0) is 10.0 Å². The van der Waals surface area contributed by atoms with Gasteiger partial charge in [-0.15, -0.1) is 0 Å². The van der Waals surface area contributed by atoms with Crippen LogP contribution in [0.25, 0.3) is 0 Å². The van der Waals surface area contributed by atoms with Gasteiger partial charge in [-0.1, -0.05) is 6.92 Å². The van der Waals surface area contributed by atoms with E-state index in [1.54, 1.807) is 12.1 Å². The number of nitriles is 1. The van der Waals surface area contributed by atoms with Crippen molar-refractivity contribution < 1.29 is 8.42 Å². The summed E-state index contributed by atoms with van der Waals surface area (Å²) in [4.78, 5) is 0.201. The van der Waals surface area contributed by atoms with Crippen molar-refractivity contribution in [3.05, 3.63) is 23.8 Å². The van der Waals surface area contributed by atoms with Gasteiger partial charge in [0.05, 0.1) is 17.3 Å². The van der Waals surface area contributed by atoms with Gasteiger partial charge in [0.2, 0.25) is 10.0 Å². The van der Waals surface area contributed by atoms with Crippen LogP contribution in [-0.4, -0.2) is 32.4 Å². The fourth-order valence-corrected chi connectivity index (χ4v) is 3.73. The molecule has 0 bridgehead atoms. The minimum absolute atomic E-state index is 0.201. The number of nitrogens with zero attached hydrogens (tertiary/aromatic N) is 2. The van der Waals surface area contributed by atoms with E-state index in [0.717, 1.165) is 6.42 Å². The van der Waals surface area contributed by atoms with Crippen molar-refractivity contribution in [2.24, 2.45) is 0 Å². The molecule has 2 rings (SSSR count). The Morgan fingerprint density at radius 3 is 2.94 bits per heavy atom. The minimum Gasteiger partial charge on any atom is -0.383 e. The second-order valence-electron chi connectivity index (χ2n) is 4.15. The van der Waals surface area contributed by atoms with Gasteiger partial charge in [0.25, 0.3) is 0 Å². The van der Waals surface area contributed by atoms with Gasteiger partial charge in [0, 0.05) is 19.6 Å². The highest BCUT2D eigenvalue weighted by atomic mass is 32.2. The molecule has 0 saturated heterocycles. The highest BCUT2D eigenvalue weighted by molar-refractivity contribution is 7.89. The van der Waals surface area contributed by atoms with Crippen molar-refractivity contribution in [3.8, 4) is 6.07 Å². The van der Waals surface area contributed by atoms with Gasteiger partial charge in [0.15, 0.2) is 0 Å². The van der Waals surface area contributed by atoms with E-state index in [2.05, 4.69) is 5.32 Å². The maximum Gasteiger partial charge on any atom is 0.245 e. The molecule has 1 aromatic rings. The van der Waals surface area contributed by atoms with E-state index in [0.29, 0.717) is 30.9 Å². The molecule has 0 radical (unpaired) electrons. The predicted molar refractivity (Wildman–Crippen MR) is 68.7 cm³/mol. The molecule has 18 heavy (non-hydrogen) atoms. The maximum absolute atomic E-state index is 12.5. The first-order valence-electron chi connectivity index (χ1n) is 5.87. The van der Waals surface area contributed by atoms with E-state index in [-0.39, 0.29) is 4.90 Å². The van der Waals surface area contributed by atoms with Gasteiger partial charge in [0.1, 0.15) is 4.90 Å². The van der Waals surface area contributed by atoms with E-state index < -0.39 is 10.0 Å². The predicted octanol–water partition coefficient (Wildman–Crippen LogP) is 1.38. The van der Waals surface area contributed by atoms with E-state index >= 15 is 0 Å². The molecule has 0 unspecified atom stereocenters. The van der Waals surface area contributed by atoms with E-state index in [4.69, 9.17) is 5.26 Å². The van der Waals surface area contributed by atoms with Crippen LogP contribution in [0.4, 0.5) is 5.69 Å². The second kappa shape index (κ2) is 4.96. The highest BCUT2D eigenvalue weighted by Crippen LogP contribution is 2.28. The third kappa shape index (κ3) is 2.19. The van der Waals surface area contributed by atoms with Crippen molar-refractivity contribution in [1.29, 1.82) is 5.26 Å². The highest BCUT2D eigenvalue weighted by Gasteiger charge is 2.29. The summed E-state index contributed by atoms with van der Waals surface area (Å²) >= 11 is 0. The molecule has 0 spiro atoms. The quantitative estimate of drug-likeness (QED) is 0.877. The normalized spacial score (nSPS) is 18.2. The molecule has 1 aromatic carbocycles. The molecule has 1 aliphatic rings. The molecular formula is C12H15N3O2S. The summed E-state index contributed by atoms with van der Waals surface area (Å²) in [7, 11) is -3.49. The number of fused-ring (bicyclic) bond motifs is 1. The summed E-state index contributed by atoms with van der Waals surface area (Å²) in [6.45, 7) is 3.48. The number of sulfonamides is 1. The molecule has 1 heterocycles. The van der Waals surface area contributed by atoms with Gasteiger partial charge in [-0.3, -0.25) is 0 Å². The summed E-state index contributed by atoms with van der Waals surface area (Å²) in [5.41, 5.74) is 0.935.